The molecule has 0 N–H and O–H groups in total. The van der Waals surface area contributed by atoms with E-state index in [-0.39, 0.29) is 30.6 Å². The van der Waals surface area contributed by atoms with Crippen molar-refractivity contribution in [1.29, 1.82) is 0 Å². The van der Waals surface area contributed by atoms with E-state index in [2.05, 4.69) is 0 Å². The van der Waals surface area contributed by atoms with Crippen LogP contribution in [0.4, 0.5) is 15.8 Å². The number of hydrogen-bond acceptors (Lipinski definition) is 4. The van der Waals surface area contributed by atoms with Gasteiger partial charge < -0.3 is 19.3 Å². The molecule has 0 bridgehead atoms. The predicted octanol–water partition coefficient (Wildman–Crippen LogP) is 3.25. The minimum absolute atomic E-state index is 0.124. The monoisotopic (exact) mass is 386 g/mol. The molecule has 1 aliphatic rings. The molecule has 0 aromatic heterocycles. The van der Waals surface area contributed by atoms with Gasteiger partial charge in [0.15, 0.2) is 11.5 Å². The molecule has 28 heavy (non-hydrogen) atoms. The minimum Gasteiger partial charge on any atom is -0.493 e. The second-order valence-corrected chi connectivity index (χ2v) is 6.50. The first-order valence-electron chi connectivity index (χ1n) is 9.07. The van der Waals surface area contributed by atoms with Crippen molar-refractivity contribution in [2.75, 3.05) is 37.1 Å². The van der Waals surface area contributed by atoms with Crippen molar-refractivity contribution in [3.63, 3.8) is 0 Å². The van der Waals surface area contributed by atoms with Crippen LogP contribution in [0.5, 0.6) is 11.5 Å². The normalized spacial score (nSPS) is 16.2. The molecule has 6 nitrogen and oxygen atoms in total. The van der Waals surface area contributed by atoms with Gasteiger partial charge in [-0.05, 0) is 43.3 Å². The third-order valence-corrected chi connectivity index (χ3v) is 4.87. The summed E-state index contributed by atoms with van der Waals surface area (Å²) >= 11 is 0. The van der Waals surface area contributed by atoms with Crippen LogP contribution in [-0.4, -0.2) is 39.1 Å². The minimum atomic E-state index is -0.467. The Labute approximate surface area is 163 Å². The molecule has 0 unspecified atom stereocenters. The first kappa shape index (κ1) is 19.7. The van der Waals surface area contributed by atoms with Crippen LogP contribution in [0.2, 0.25) is 0 Å². The zero-order valence-corrected chi connectivity index (χ0v) is 16.1. The lowest BCUT2D eigenvalue weighted by Gasteiger charge is -2.24. The molecule has 1 atom stereocenters. The van der Waals surface area contributed by atoms with Gasteiger partial charge in [-0.2, -0.15) is 0 Å². The van der Waals surface area contributed by atoms with Gasteiger partial charge in [0.05, 0.1) is 20.1 Å². The standard InChI is InChI=1S/C21H23FN2O4/c1-4-23(16-7-5-15(22)6-8-16)21(26)14-11-20(25)24(13-14)17-9-10-18(27-2)19(12-17)28-3/h5-10,12,14H,4,11,13H2,1-3H3/t14-/m1/s1. The molecular weight excluding hydrogens is 363 g/mol. The Balaban J connectivity index is 1.79. The summed E-state index contributed by atoms with van der Waals surface area (Å²) in [7, 11) is 3.07. The van der Waals surface area contributed by atoms with Gasteiger partial charge in [-0.25, -0.2) is 4.39 Å². The topological polar surface area (TPSA) is 59.1 Å². The fourth-order valence-electron chi connectivity index (χ4n) is 3.42. The van der Waals surface area contributed by atoms with Crippen LogP contribution in [-0.2, 0) is 9.59 Å². The summed E-state index contributed by atoms with van der Waals surface area (Å²) in [6.45, 7) is 2.57. The quantitative estimate of drug-likeness (QED) is 0.765. The molecule has 1 fully saturated rings. The third-order valence-electron chi connectivity index (χ3n) is 4.87. The number of methoxy groups -OCH3 is 2. The zero-order valence-electron chi connectivity index (χ0n) is 16.1. The Kier molecular flexibility index (Phi) is 5.82. The molecular formula is C21H23FN2O4. The van der Waals surface area contributed by atoms with Gasteiger partial charge in [-0.1, -0.05) is 0 Å². The number of nitrogens with zero attached hydrogens (tertiary/aromatic N) is 2. The van der Waals surface area contributed by atoms with Gasteiger partial charge in [0.1, 0.15) is 5.82 Å². The second-order valence-electron chi connectivity index (χ2n) is 6.50. The zero-order chi connectivity index (χ0) is 20.3. The Morgan fingerprint density at radius 2 is 1.82 bits per heavy atom. The lowest BCUT2D eigenvalue weighted by Crippen LogP contribution is -2.37. The Hall–Kier alpha value is -3.09. The van der Waals surface area contributed by atoms with E-state index in [1.165, 1.54) is 19.2 Å². The van der Waals surface area contributed by atoms with Crippen LogP contribution in [0.3, 0.4) is 0 Å². The molecule has 3 rings (SSSR count). The molecule has 2 aromatic rings. The van der Waals surface area contributed by atoms with Crippen molar-refractivity contribution in [3.8, 4) is 11.5 Å². The Morgan fingerprint density at radius 3 is 2.43 bits per heavy atom. The molecule has 2 amide bonds. The van der Waals surface area contributed by atoms with Crippen LogP contribution in [0.15, 0.2) is 42.5 Å². The van der Waals surface area contributed by atoms with E-state index >= 15 is 0 Å². The highest BCUT2D eigenvalue weighted by molar-refractivity contribution is 6.04. The second kappa shape index (κ2) is 8.29. The van der Waals surface area contributed by atoms with Crippen LogP contribution in [0.1, 0.15) is 13.3 Å². The summed E-state index contributed by atoms with van der Waals surface area (Å²) in [6.07, 6.45) is 0.130. The highest BCUT2D eigenvalue weighted by atomic mass is 19.1. The van der Waals surface area contributed by atoms with Gasteiger partial charge >= 0.3 is 0 Å². The summed E-state index contributed by atoms with van der Waals surface area (Å²) in [5, 5.41) is 0. The number of benzene rings is 2. The van der Waals surface area contributed by atoms with Crippen molar-refractivity contribution in [2.45, 2.75) is 13.3 Å². The maximum Gasteiger partial charge on any atom is 0.232 e. The summed E-state index contributed by atoms with van der Waals surface area (Å²) in [5.74, 6) is -0.0113. The lowest BCUT2D eigenvalue weighted by molar-refractivity contribution is -0.124. The molecule has 0 radical (unpaired) electrons. The van der Waals surface area contributed by atoms with Gasteiger partial charge in [0.25, 0.3) is 0 Å². The van der Waals surface area contributed by atoms with Crippen molar-refractivity contribution < 1.29 is 23.5 Å². The maximum absolute atomic E-state index is 13.2. The van der Waals surface area contributed by atoms with Crippen molar-refractivity contribution in [1.82, 2.24) is 0 Å². The van der Waals surface area contributed by atoms with Crippen molar-refractivity contribution in [2.24, 2.45) is 5.92 Å². The molecule has 148 valence electrons. The van der Waals surface area contributed by atoms with E-state index < -0.39 is 5.92 Å². The summed E-state index contributed by atoms with van der Waals surface area (Å²) in [4.78, 5) is 28.8. The fourth-order valence-corrected chi connectivity index (χ4v) is 3.42. The molecule has 1 aliphatic heterocycles. The third kappa shape index (κ3) is 3.78. The number of anilines is 2. The average Bonchev–Trinajstić information content (AvgIpc) is 3.11. The van der Waals surface area contributed by atoms with Crippen LogP contribution in [0, 0.1) is 11.7 Å². The summed E-state index contributed by atoms with van der Waals surface area (Å²) in [6, 6.07) is 11.0. The van der Waals surface area contributed by atoms with Gasteiger partial charge in [-0.15, -0.1) is 0 Å². The van der Waals surface area contributed by atoms with Gasteiger partial charge in [0.2, 0.25) is 11.8 Å². The molecule has 0 spiro atoms. The van der Waals surface area contributed by atoms with E-state index in [9.17, 15) is 14.0 Å². The largest absolute Gasteiger partial charge is 0.493 e. The first-order chi connectivity index (χ1) is 13.5. The molecule has 0 aliphatic carbocycles. The summed E-state index contributed by atoms with van der Waals surface area (Å²) < 4.78 is 23.7. The number of halogens is 1. The van der Waals surface area contributed by atoms with Crippen molar-refractivity contribution in [3.05, 3.63) is 48.3 Å². The van der Waals surface area contributed by atoms with Crippen LogP contribution >= 0.6 is 0 Å². The first-order valence-corrected chi connectivity index (χ1v) is 9.07. The average molecular weight is 386 g/mol. The fraction of sp³-hybridized carbons (Fsp3) is 0.333. The number of carbonyl (C=O) groups excluding carboxylic acids is 2. The number of ether oxygens (including phenoxy) is 2. The van der Waals surface area contributed by atoms with Crippen LogP contribution in [0.25, 0.3) is 0 Å². The maximum atomic E-state index is 13.2. The van der Waals surface area contributed by atoms with E-state index in [1.54, 1.807) is 47.2 Å². The predicted molar refractivity (Wildman–Crippen MR) is 104 cm³/mol. The summed E-state index contributed by atoms with van der Waals surface area (Å²) in [5.41, 5.74) is 1.27. The van der Waals surface area contributed by atoms with Crippen LogP contribution < -0.4 is 19.3 Å². The lowest BCUT2D eigenvalue weighted by atomic mass is 10.1. The molecule has 7 heteroatoms. The molecule has 0 saturated carbocycles. The number of hydrogen-bond donors (Lipinski definition) is 0. The van der Waals surface area contributed by atoms with E-state index in [0.29, 0.717) is 29.4 Å². The smallest absolute Gasteiger partial charge is 0.232 e. The highest BCUT2D eigenvalue weighted by Crippen LogP contribution is 2.34. The molecule has 1 heterocycles. The van der Waals surface area contributed by atoms with Crippen molar-refractivity contribution >= 4 is 23.2 Å². The van der Waals surface area contributed by atoms with Gasteiger partial charge in [-0.3, -0.25) is 9.59 Å². The van der Waals surface area contributed by atoms with E-state index in [1.807, 2.05) is 6.92 Å². The SMILES string of the molecule is CCN(C(=O)[C@@H]1CC(=O)N(c2ccc(OC)c(OC)c2)C1)c1ccc(F)cc1. The molecule has 1 saturated heterocycles. The highest BCUT2D eigenvalue weighted by Gasteiger charge is 2.37. The Bertz CT molecular complexity index is 869. The number of amides is 2. The number of rotatable bonds is 6. The van der Waals surface area contributed by atoms with E-state index in [0.717, 1.165) is 0 Å². The van der Waals surface area contributed by atoms with E-state index in [4.69, 9.17) is 9.47 Å². The Morgan fingerprint density at radius 1 is 1.14 bits per heavy atom. The molecule has 2 aromatic carbocycles. The van der Waals surface area contributed by atoms with Gasteiger partial charge in [0, 0.05) is 37.0 Å². The number of carbonyl (C=O) groups is 2.